The topological polar surface area (TPSA) is 85.8 Å². The van der Waals surface area contributed by atoms with Crippen LogP contribution in [0, 0.1) is 0 Å². The van der Waals surface area contributed by atoms with Gasteiger partial charge in [0, 0.05) is 25.7 Å². The Morgan fingerprint density at radius 2 is 2.00 bits per heavy atom. The van der Waals surface area contributed by atoms with E-state index < -0.39 is 5.54 Å². The maximum absolute atomic E-state index is 12.2. The van der Waals surface area contributed by atoms with E-state index in [1.807, 2.05) is 27.7 Å². The minimum Gasteiger partial charge on any atom is -0.357 e. The lowest BCUT2D eigenvalue weighted by atomic mass is 9.99. The van der Waals surface area contributed by atoms with Crippen LogP contribution in [0.5, 0.6) is 0 Å². The van der Waals surface area contributed by atoms with Crippen molar-refractivity contribution in [1.29, 1.82) is 0 Å². The van der Waals surface area contributed by atoms with Crippen LogP contribution in [0.15, 0.2) is 4.99 Å². The summed E-state index contributed by atoms with van der Waals surface area (Å²) >= 11 is 0. The molecule has 1 fully saturated rings. The number of nitrogens with one attached hydrogen (secondary N) is 3. The molecule has 8 heteroatoms. The number of hydrogen-bond donors (Lipinski definition) is 3. The Labute approximate surface area is 156 Å². The fourth-order valence-electron chi connectivity index (χ4n) is 2.20. The van der Waals surface area contributed by atoms with E-state index in [0.29, 0.717) is 32.0 Å². The Balaban J connectivity index is 0.00000484. The second kappa shape index (κ2) is 9.94. The average Bonchev–Trinajstić information content (AvgIpc) is 2.66. The van der Waals surface area contributed by atoms with Crippen molar-refractivity contribution < 1.29 is 9.59 Å². The van der Waals surface area contributed by atoms with Crippen LogP contribution in [-0.4, -0.2) is 54.0 Å². The van der Waals surface area contributed by atoms with Gasteiger partial charge in [-0.15, -0.1) is 24.0 Å². The summed E-state index contributed by atoms with van der Waals surface area (Å²) in [5.41, 5.74) is -0.755. The van der Waals surface area contributed by atoms with Gasteiger partial charge < -0.3 is 16.0 Å². The summed E-state index contributed by atoms with van der Waals surface area (Å²) in [5, 5.41) is 9.14. The largest absolute Gasteiger partial charge is 0.357 e. The van der Waals surface area contributed by atoms with Crippen molar-refractivity contribution >= 4 is 41.9 Å². The monoisotopic (exact) mass is 439 g/mol. The van der Waals surface area contributed by atoms with Gasteiger partial charge in [0.1, 0.15) is 5.54 Å². The van der Waals surface area contributed by atoms with Gasteiger partial charge >= 0.3 is 6.03 Å². The summed E-state index contributed by atoms with van der Waals surface area (Å²) in [5.74, 6) is 0.615. The van der Waals surface area contributed by atoms with E-state index in [4.69, 9.17) is 0 Å². The predicted molar refractivity (Wildman–Crippen MR) is 103 cm³/mol. The fourth-order valence-corrected chi connectivity index (χ4v) is 2.20. The Morgan fingerprint density at radius 1 is 1.35 bits per heavy atom. The quantitative estimate of drug-likeness (QED) is 0.185. The average molecular weight is 439 g/mol. The van der Waals surface area contributed by atoms with Crippen LogP contribution in [-0.2, 0) is 4.79 Å². The lowest BCUT2D eigenvalue weighted by Crippen LogP contribution is -2.43. The van der Waals surface area contributed by atoms with E-state index in [2.05, 4.69) is 20.9 Å². The molecule has 3 amide bonds. The van der Waals surface area contributed by atoms with Crippen molar-refractivity contribution in [2.24, 2.45) is 4.99 Å². The number of carbonyl (C=O) groups is 2. The van der Waals surface area contributed by atoms with Crippen LogP contribution in [0.2, 0.25) is 0 Å². The molecule has 0 radical (unpaired) electrons. The maximum Gasteiger partial charge on any atom is 0.325 e. The lowest BCUT2D eigenvalue weighted by molar-refractivity contribution is -0.130. The van der Waals surface area contributed by atoms with Gasteiger partial charge in [-0.25, -0.2) is 4.79 Å². The number of nitrogens with zero attached hydrogens (tertiary/aromatic N) is 2. The van der Waals surface area contributed by atoms with Gasteiger partial charge in [-0.05, 0) is 40.5 Å². The molecule has 1 rings (SSSR count). The van der Waals surface area contributed by atoms with Gasteiger partial charge in [0.2, 0.25) is 0 Å². The number of halogens is 1. The summed E-state index contributed by atoms with van der Waals surface area (Å²) in [6, 6.07) is -0.000425. The van der Waals surface area contributed by atoms with Crippen LogP contribution in [0.3, 0.4) is 0 Å². The summed E-state index contributed by atoms with van der Waals surface area (Å²) < 4.78 is 0. The summed E-state index contributed by atoms with van der Waals surface area (Å²) in [4.78, 5) is 29.8. The molecule has 0 aliphatic carbocycles. The molecule has 23 heavy (non-hydrogen) atoms. The first-order chi connectivity index (χ1) is 10.3. The molecule has 0 aromatic carbocycles. The van der Waals surface area contributed by atoms with Gasteiger partial charge in [0.05, 0.1) is 0 Å². The molecular formula is C15H30IN5O2. The van der Waals surface area contributed by atoms with Gasteiger partial charge in [-0.2, -0.15) is 0 Å². The number of guanidine groups is 1. The SMILES string of the molecule is CCNC(=NCCCN1C(=O)NC(C)(CC)C1=O)NC(C)C.I. The zero-order chi connectivity index (χ0) is 16.8. The Bertz CT molecular complexity index is 442. The molecule has 0 bridgehead atoms. The second-order valence-corrected chi connectivity index (χ2v) is 5.99. The highest BCUT2D eigenvalue weighted by atomic mass is 127. The Morgan fingerprint density at radius 3 is 2.48 bits per heavy atom. The fraction of sp³-hybridized carbons (Fsp3) is 0.800. The minimum absolute atomic E-state index is 0. The standard InChI is InChI=1S/C15H29N5O2.HI/c1-6-15(5)12(21)20(14(22)19-15)10-8-9-17-13(16-7-2)18-11(3)4;/h11H,6-10H2,1-5H3,(H,19,22)(H2,16,17,18);1H. The molecule has 0 spiro atoms. The molecule has 1 aliphatic rings. The first-order valence-corrected chi connectivity index (χ1v) is 8.03. The molecule has 1 unspecified atom stereocenters. The van der Waals surface area contributed by atoms with Crippen molar-refractivity contribution in [2.45, 2.75) is 59.0 Å². The molecule has 3 N–H and O–H groups in total. The van der Waals surface area contributed by atoms with Crippen LogP contribution < -0.4 is 16.0 Å². The molecule has 0 saturated carbocycles. The molecule has 1 atom stereocenters. The zero-order valence-electron chi connectivity index (χ0n) is 14.7. The third kappa shape index (κ3) is 6.15. The van der Waals surface area contributed by atoms with Gasteiger partial charge in [0.25, 0.3) is 5.91 Å². The predicted octanol–water partition coefficient (Wildman–Crippen LogP) is 1.68. The first-order valence-electron chi connectivity index (χ1n) is 8.03. The third-order valence-corrected chi connectivity index (χ3v) is 3.63. The smallest absolute Gasteiger partial charge is 0.325 e. The summed E-state index contributed by atoms with van der Waals surface area (Å²) in [7, 11) is 0. The number of amides is 3. The van der Waals surface area contributed by atoms with Gasteiger partial charge in [0.15, 0.2) is 5.96 Å². The number of carbonyl (C=O) groups excluding carboxylic acids is 2. The number of urea groups is 1. The van der Waals surface area contributed by atoms with E-state index in [-0.39, 0.29) is 35.9 Å². The highest BCUT2D eigenvalue weighted by molar-refractivity contribution is 14.0. The Hall–Kier alpha value is -1.06. The van der Waals surface area contributed by atoms with Crippen LogP contribution in [0.4, 0.5) is 4.79 Å². The third-order valence-electron chi connectivity index (χ3n) is 3.63. The van der Waals surface area contributed by atoms with Crippen LogP contribution >= 0.6 is 24.0 Å². The molecule has 1 heterocycles. The minimum atomic E-state index is -0.755. The van der Waals surface area contributed by atoms with Crippen molar-refractivity contribution in [3.05, 3.63) is 0 Å². The van der Waals surface area contributed by atoms with E-state index in [0.717, 1.165) is 12.5 Å². The van der Waals surface area contributed by atoms with Crippen LogP contribution in [0.25, 0.3) is 0 Å². The maximum atomic E-state index is 12.2. The molecule has 134 valence electrons. The number of imide groups is 1. The molecule has 0 aromatic rings. The van der Waals surface area contributed by atoms with Gasteiger partial charge in [-0.3, -0.25) is 14.7 Å². The van der Waals surface area contributed by atoms with Crippen molar-refractivity contribution in [2.75, 3.05) is 19.6 Å². The van der Waals surface area contributed by atoms with Crippen molar-refractivity contribution in [3.8, 4) is 0 Å². The van der Waals surface area contributed by atoms with Gasteiger partial charge in [-0.1, -0.05) is 6.92 Å². The molecule has 1 aliphatic heterocycles. The first kappa shape index (κ1) is 21.9. The number of rotatable bonds is 7. The highest BCUT2D eigenvalue weighted by Crippen LogP contribution is 2.20. The summed E-state index contributed by atoms with van der Waals surface area (Å²) in [6.07, 6.45) is 1.24. The molecule has 0 aromatic heterocycles. The summed E-state index contributed by atoms with van der Waals surface area (Å²) in [6.45, 7) is 11.5. The second-order valence-electron chi connectivity index (χ2n) is 5.99. The lowest BCUT2D eigenvalue weighted by Gasteiger charge is -2.19. The van der Waals surface area contributed by atoms with E-state index in [1.165, 1.54) is 4.90 Å². The molecule has 7 nitrogen and oxygen atoms in total. The number of aliphatic imine (C=N–C) groups is 1. The Kier molecular flexibility index (Phi) is 9.48. The van der Waals surface area contributed by atoms with E-state index in [1.54, 1.807) is 6.92 Å². The molecule has 1 saturated heterocycles. The van der Waals surface area contributed by atoms with E-state index in [9.17, 15) is 9.59 Å². The normalized spacial score (nSPS) is 21.3. The zero-order valence-corrected chi connectivity index (χ0v) is 17.1. The number of hydrogen-bond acceptors (Lipinski definition) is 3. The van der Waals surface area contributed by atoms with E-state index >= 15 is 0 Å². The van der Waals surface area contributed by atoms with Crippen molar-refractivity contribution in [3.63, 3.8) is 0 Å². The van der Waals surface area contributed by atoms with Crippen molar-refractivity contribution in [1.82, 2.24) is 20.9 Å². The molecular weight excluding hydrogens is 409 g/mol. The highest BCUT2D eigenvalue weighted by Gasteiger charge is 2.45. The van der Waals surface area contributed by atoms with Crippen LogP contribution in [0.1, 0.15) is 47.5 Å².